The summed E-state index contributed by atoms with van der Waals surface area (Å²) in [4.78, 5) is 50.7. The number of esters is 1. The Morgan fingerprint density at radius 1 is 1.29 bits per heavy atom. The molecule has 3 N–H and O–H groups in total. The number of anilines is 1. The number of benzene rings is 1. The molecule has 3 amide bonds. The summed E-state index contributed by atoms with van der Waals surface area (Å²) in [5, 5.41) is 8.51. The first kappa shape index (κ1) is 24.2. The molecule has 0 radical (unpaired) electrons. The highest BCUT2D eigenvalue weighted by atomic mass is 16.5. The molecule has 31 heavy (non-hydrogen) atoms. The normalized spacial score (nSPS) is 15.9. The largest absolute Gasteiger partial charge is 0.466 e. The lowest BCUT2D eigenvalue weighted by atomic mass is 10.1. The van der Waals surface area contributed by atoms with Crippen LogP contribution in [0.5, 0.6) is 0 Å². The first-order valence-corrected chi connectivity index (χ1v) is 10.7. The minimum Gasteiger partial charge on any atom is -0.466 e. The average molecular weight is 433 g/mol. The SMILES string of the molecule is CCCCOC(=O)CC1C(=O)NCCN1C(=O)CNc1cccc(C(=O)NC(C)C)c1. The second-order valence-electron chi connectivity index (χ2n) is 7.73. The summed E-state index contributed by atoms with van der Waals surface area (Å²) in [6.07, 6.45) is 1.48. The molecule has 1 aliphatic rings. The van der Waals surface area contributed by atoms with E-state index in [-0.39, 0.29) is 36.7 Å². The monoisotopic (exact) mass is 432 g/mol. The number of hydrogen-bond donors (Lipinski definition) is 3. The van der Waals surface area contributed by atoms with Crippen molar-refractivity contribution < 1.29 is 23.9 Å². The van der Waals surface area contributed by atoms with Crippen LogP contribution in [0.4, 0.5) is 5.69 Å². The van der Waals surface area contributed by atoms with Crippen LogP contribution < -0.4 is 16.0 Å². The fourth-order valence-electron chi connectivity index (χ4n) is 3.16. The Hall–Kier alpha value is -3.10. The quantitative estimate of drug-likeness (QED) is 0.379. The third-order valence-electron chi connectivity index (χ3n) is 4.76. The molecule has 2 rings (SSSR count). The van der Waals surface area contributed by atoms with Crippen molar-refractivity contribution in [2.24, 2.45) is 0 Å². The van der Waals surface area contributed by atoms with Gasteiger partial charge in [0.05, 0.1) is 19.6 Å². The van der Waals surface area contributed by atoms with Crippen molar-refractivity contribution in [3.8, 4) is 0 Å². The summed E-state index contributed by atoms with van der Waals surface area (Å²) in [6.45, 7) is 6.63. The molecule has 9 heteroatoms. The van der Waals surface area contributed by atoms with Gasteiger partial charge in [-0.2, -0.15) is 0 Å². The van der Waals surface area contributed by atoms with E-state index in [0.29, 0.717) is 30.9 Å². The highest BCUT2D eigenvalue weighted by Crippen LogP contribution is 2.14. The van der Waals surface area contributed by atoms with E-state index in [1.165, 1.54) is 4.90 Å². The van der Waals surface area contributed by atoms with E-state index in [1.807, 2.05) is 20.8 Å². The molecule has 1 aromatic carbocycles. The number of carbonyl (C=O) groups is 4. The molecule has 1 heterocycles. The van der Waals surface area contributed by atoms with Crippen LogP contribution in [0, 0.1) is 0 Å². The smallest absolute Gasteiger partial charge is 0.308 e. The third-order valence-corrected chi connectivity index (χ3v) is 4.76. The molecular formula is C22H32N4O5. The van der Waals surface area contributed by atoms with Crippen LogP contribution in [0.15, 0.2) is 24.3 Å². The number of unbranched alkanes of at least 4 members (excludes halogenated alkanes) is 1. The Morgan fingerprint density at radius 2 is 2.06 bits per heavy atom. The molecule has 1 unspecified atom stereocenters. The second-order valence-corrected chi connectivity index (χ2v) is 7.73. The van der Waals surface area contributed by atoms with E-state index in [9.17, 15) is 19.2 Å². The van der Waals surface area contributed by atoms with Gasteiger partial charge in [-0.05, 0) is 38.5 Å². The predicted octanol–water partition coefficient (Wildman–Crippen LogP) is 1.30. The van der Waals surface area contributed by atoms with Crippen LogP contribution in [0.3, 0.4) is 0 Å². The van der Waals surface area contributed by atoms with Crippen molar-refractivity contribution in [1.82, 2.24) is 15.5 Å². The van der Waals surface area contributed by atoms with Gasteiger partial charge >= 0.3 is 5.97 Å². The number of rotatable bonds is 10. The molecule has 170 valence electrons. The standard InChI is InChI=1S/C22H32N4O5/c1-4-5-11-31-20(28)13-18-22(30)23-9-10-26(18)19(27)14-24-17-8-6-7-16(12-17)21(29)25-15(2)3/h6-8,12,15,18,24H,4-5,9-11,13-14H2,1-3H3,(H,23,30)(H,25,29). The maximum atomic E-state index is 12.8. The van der Waals surface area contributed by atoms with E-state index in [1.54, 1.807) is 24.3 Å². The van der Waals surface area contributed by atoms with E-state index >= 15 is 0 Å². The molecule has 1 atom stereocenters. The number of piperazine rings is 1. The van der Waals surface area contributed by atoms with Crippen LogP contribution in [-0.4, -0.2) is 66.9 Å². The molecule has 0 bridgehead atoms. The molecule has 0 aromatic heterocycles. The first-order valence-electron chi connectivity index (χ1n) is 10.7. The average Bonchev–Trinajstić information content (AvgIpc) is 2.73. The van der Waals surface area contributed by atoms with Gasteiger partial charge in [-0.1, -0.05) is 19.4 Å². The van der Waals surface area contributed by atoms with Gasteiger partial charge in [0.25, 0.3) is 5.91 Å². The maximum Gasteiger partial charge on any atom is 0.308 e. The Morgan fingerprint density at radius 3 is 2.77 bits per heavy atom. The minimum absolute atomic E-state index is 0.0153. The van der Waals surface area contributed by atoms with Crippen molar-refractivity contribution >= 4 is 29.4 Å². The Labute approximate surface area is 182 Å². The van der Waals surface area contributed by atoms with Crippen LogP contribution in [-0.2, 0) is 19.1 Å². The summed E-state index contributed by atoms with van der Waals surface area (Å²) in [5.41, 5.74) is 1.10. The summed E-state index contributed by atoms with van der Waals surface area (Å²) in [5.74, 6) is -1.36. The molecular weight excluding hydrogens is 400 g/mol. The zero-order valence-electron chi connectivity index (χ0n) is 18.4. The van der Waals surface area contributed by atoms with Gasteiger partial charge in [0, 0.05) is 30.4 Å². The highest BCUT2D eigenvalue weighted by Gasteiger charge is 2.34. The van der Waals surface area contributed by atoms with Crippen molar-refractivity contribution in [3.63, 3.8) is 0 Å². The zero-order valence-corrected chi connectivity index (χ0v) is 18.4. The zero-order chi connectivity index (χ0) is 22.8. The molecule has 0 aliphatic carbocycles. The van der Waals surface area contributed by atoms with Gasteiger partial charge in [-0.15, -0.1) is 0 Å². The van der Waals surface area contributed by atoms with Crippen molar-refractivity contribution in [3.05, 3.63) is 29.8 Å². The molecule has 0 spiro atoms. The van der Waals surface area contributed by atoms with E-state index in [2.05, 4.69) is 16.0 Å². The number of amides is 3. The van der Waals surface area contributed by atoms with Crippen LogP contribution >= 0.6 is 0 Å². The topological polar surface area (TPSA) is 117 Å². The van der Waals surface area contributed by atoms with Gasteiger partial charge in [0.2, 0.25) is 11.8 Å². The number of hydrogen-bond acceptors (Lipinski definition) is 6. The lowest BCUT2D eigenvalue weighted by Gasteiger charge is -2.34. The van der Waals surface area contributed by atoms with Gasteiger partial charge in [0.15, 0.2) is 0 Å². The van der Waals surface area contributed by atoms with Crippen molar-refractivity contribution in [1.29, 1.82) is 0 Å². The van der Waals surface area contributed by atoms with Gasteiger partial charge in [-0.25, -0.2) is 0 Å². The third kappa shape index (κ3) is 7.58. The molecule has 1 aliphatic heterocycles. The summed E-state index contributed by atoms with van der Waals surface area (Å²) in [7, 11) is 0. The second kappa shape index (κ2) is 11.9. The molecule has 0 saturated carbocycles. The maximum absolute atomic E-state index is 12.8. The van der Waals surface area contributed by atoms with E-state index < -0.39 is 12.0 Å². The number of nitrogens with one attached hydrogen (secondary N) is 3. The molecule has 1 saturated heterocycles. The summed E-state index contributed by atoms with van der Waals surface area (Å²) in [6, 6.07) is 5.97. The van der Waals surface area contributed by atoms with Gasteiger partial charge in [-0.3, -0.25) is 19.2 Å². The number of carbonyl (C=O) groups excluding carboxylic acids is 4. The number of ether oxygens (including phenoxy) is 1. The Balaban J connectivity index is 1.97. The first-order chi connectivity index (χ1) is 14.8. The summed E-state index contributed by atoms with van der Waals surface area (Å²) < 4.78 is 5.14. The lowest BCUT2D eigenvalue weighted by molar-refractivity contribution is -0.151. The fourth-order valence-corrected chi connectivity index (χ4v) is 3.16. The van der Waals surface area contributed by atoms with Crippen LogP contribution in [0.2, 0.25) is 0 Å². The lowest BCUT2D eigenvalue weighted by Crippen LogP contribution is -2.58. The fraction of sp³-hybridized carbons (Fsp3) is 0.545. The molecule has 9 nitrogen and oxygen atoms in total. The Kier molecular flexibility index (Phi) is 9.30. The van der Waals surface area contributed by atoms with E-state index in [4.69, 9.17) is 4.74 Å². The highest BCUT2D eigenvalue weighted by molar-refractivity contribution is 5.96. The van der Waals surface area contributed by atoms with Crippen molar-refractivity contribution in [2.45, 2.75) is 52.1 Å². The van der Waals surface area contributed by atoms with Gasteiger partial charge in [0.1, 0.15) is 6.04 Å². The predicted molar refractivity (Wildman–Crippen MR) is 117 cm³/mol. The molecule has 1 fully saturated rings. The van der Waals surface area contributed by atoms with Crippen LogP contribution in [0.25, 0.3) is 0 Å². The van der Waals surface area contributed by atoms with Gasteiger partial charge < -0.3 is 25.6 Å². The molecule has 1 aromatic rings. The van der Waals surface area contributed by atoms with E-state index in [0.717, 1.165) is 12.8 Å². The Bertz CT molecular complexity index is 796. The minimum atomic E-state index is -0.889. The number of nitrogens with zero attached hydrogens (tertiary/aromatic N) is 1. The van der Waals surface area contributed by atoms with Crippen molar-refractivity contribution in [2.75, 3.05) is 31.6 Å². The summed E-state index contributed by atoms with van der Waals surface area (Å²) >= 11 is 0. The van der Waals surface area contributed by atoms with Crippen LogP contribution in [0.1, 0.15) is 50.4 Å².